The highest BCUT2D eigenvalue weighted by molar-refractivity contribution is 5.81. The third-order valence-corrected chi connectivity index (χ3v) is 6.34. The quantitative estimate of drug-likeness (QED) is 0.843. The summed E-state index contributed by atoms with van der Waals surface area (Å²) >= 11 is 0. The lowest BCUT2D eigenvalue weighted by Gasteiger charge is -2.61. The fourth-order valence-electron chi connectivity index (χ4n) is 4.80. The summed E-state index contributed by atoms with van der Waals surface area (Å²) in [6.45, 7) is 0.595. The van der Waals surface area contributed by atoms with E-state index >= 15 is 0 Å². The molecule has 2 saturated carbocycles. The highest BCUT2D eigenvalue weighted by Gasteiger charge is 2.69. The van der Waals surface area contributed by atoms with E-state index in [9.17, 15) is 18.0 Å². The fraction of sp³-hybridized carbons (Fsp3) is 0.632. The number of para-hydroxylation sites is 1. The molecule has 1 unspecified atom stereocenters. The van der Waals surface area contributed by atoms with Crippen molar-refractivity contribution in [2.24, 2.45) is 11.3 Å². The summed E-state index contributed by atoms with van der Waals surface area (Å²) in [7, 11) is 0. The number of benzene rings is 1. The maximum atomic E-state index is 13.7. The summed E-state index contributed by atoms with van der Waals surface area (Å²) in [4.78, 5) is 12.7. The second-order valence-electron chi connectivity index (χ2n) is 8.05. The van der Waals surface area contributed by atoms with Crippen LogP contribution < -0.4 is 10.6 Å². The summed E-state index contributed by atoms with van der Waals surface area (Å²) in [5.41, 5.74) is -0.213. The maximum absolute atomic E-state index is 13.7. The standard InChI is InChI=1S/C19H23F3N2O/c20-19(21,22)18(11-17(12-18)7-3-8-17)24-16(25)14-6-9-23-15-5-2-1-4-13(15)10-14/h1-2,4-5,14,23H,3,6-12H2,(H,24,25). The molecular weight excluding hydrogens is 329 g/mol. The van der Waals surface area contributed by atoms with Crippen LogP contribution in [0.2, 0.25) is 0 Å². The number of nitrogens with one attached hydrogen (secondary N) is 2. The van der Waals surface area contributed by atoms with Crippen molar-refractivity contribution in [2.45, 2.75) is 56.7 Å². The Labute approximate surface area is 145 Å². The third-order valence-electron chi connectivity index (χ3n) is 6.34. The highest BCUT2D eigenvalue weighted by atomic mass is 19.4. The van der Waals surface area contributed by atoms with Gasteiger partial charge >= 0.3 is 6.18 Å². The van der Waals surface area contributed by atoms with Crippen molar-refractivity contribution < 1.29 is 18.0 Å². The predicted molar refractivity (Wildman–Crippen MR) is 89.2 cm³/mol. The van der Waals surface area contributed by atoms with E-state index in [1.165, 1.54) is 0 Å². The van der Waals surface area contributed by atoms with Crippen LogP contribution >= 0.6 is 0 Å². The van der Waals surface area contributed by atoms with Crippen LogP contribution in [0.25, 0.3) is 0 Å². The minimum Gasteiger partial charge on any atom is -0.385 e. The summed E-state index contributed by atoms with van der Waals surface area (Å²) in [5.74, 6) is -0.877. The Morgan fingerprint density at radius 3 is 2.56 bits per heavy atom. The number of amides is 1. The first-order valence-electron chi connectivity index (χ1n) is 9.03. The van der Waals surface area contributed by atoms with Gasteiger partial charge in [-0.1, -0.05) is 24.6 Å². The van der Waals surface area contributed by atoms with Gasteiger partial charge in [-0.05, 0) is 55.6 Å². The van der Waals surface area contributed by atoms with Crippen LogP contribution in [0.4, 0.5) is 18.9 Å². The predicted octanol–water partition coefficient (Wildman–Crippen LogP) is 4.04. The number of hydrogen-bond acceptors (Lipinski definition) is 2. The Morgan fingerprint density at radius 2 is 1.92 bits per heavy atom. The summed E-state index contributed by atoms with van der Waals surface area (Å²) in [6, 6.07) is 7.68. The lowest BCUT2D eigenvalue weighted by atomic mass is 9.48. The Kier molecular flexibility index (Phi) is 3.78. The first-order chi connectivity index (χ1) is 11.8. The van der Waals surface area contributed by atoms with E-state index in [0.717, 1.165) is 30.5 Å². The molecular formula is C19H23F3N2O. The molecule has 1 aromatic rings. The number of hydrogen-bond donors (Lipinski definition) is 2. The normalized spacial score (nSPS) is 26.4. The van der Waals surface area contributed by atoms with Gasteiger partial charge in [-0.25, -0.2) is 0 Å². The average Bonchev–Trinajstić information content (AvgIpc) is 2.69. The van der Waals surface area contributed by atoms with Crippen LogP contribution in [0.3, 0.4) is 0 Å². The number of anilines is 1. The Balaban J connectivity index is 1.49. The average molecular weight is 352 g/mol. The minimum absolute atomic E-state index is 0.0524. The Morgan fingerprint density at radius 1 is 1.20 bits per heavy atom. The van der Waals surface area contributed by atoms with Gasteiger partial charge in [0, 0.05) is 18.2 Å². The van der Waals surface area contributed by atoms with Crippen molar-refractivity contribution >= 4 is 11.6 Å². The van der Waals surface area contributed by atoms with E-state index in [-0.39, 0.29) is 18.3 Å². The van der Waals surface area contributed by atoms with Crippen molar-refractivity contribution in [1.29, 1.82) is 0 Å². The van der Waals surface area contributed by atoms with Crippen molar-refractivity contribution in [2.75, 3.05) is 11.9 Å². The van der Waals surface area contributed by atoms with E-state index in [0.29, 0.717) is 19.4 Å². The molecule has 1 heterocycles. The van der Waals surface area contributed by atoms with Crippen molar-refractivity contribution in [3.8, 4) is 0 Å². The largest absolute Gasteiger partial charge is 0.411 e. The first-order valence-corrected chi connectivity index (χ1v) is 9.03. The molecule has 2 aliphatic carbocycles. The zero-order chi connectivity index (χ0) is 17.7. The molecule has 6 heteroatoms. The zero-order valence-electron chi connectivity index (χ0n) is 14.1. The second kappa shape index (κ2) is 5.64. The summed E-state index contributed by atoms with van der Waals surface area (Å²) < 4.78 is 41.0. The SMILES string of the molecule is O=C(NC1(C(F)(F)F)CC2(CCC2)C1)C1CCNc2ccccc2C1. The molecule has 4 rings (SSSR count). The zero-order valence-corrected chi connectivity index (χ0v) is 14.1. The number of rotatable bonds is 2. The Bertz CT molecular complexity index is 673. The maximum Gasteiger partial charge on any atom is 0.411 e. The van der Waals surface area contributed by atoms with Crippen LogP contribution in [0.15, 0.2) is 24.3 Å². The molecule has 0 saturated heterocycles. The topological polar surface area (TPSA) is 41.1 Å². The molecule has 0 aromatic heterocycles. The van der Waals surface area contributed by atoms with E-state index in [2.05, 4.69) is 10.6 Å². The molecule has 25 heavy (non-hydrogen) atoms. The summed E-state index contributed by atoms with van der Waals surface area (Å²) in [6.07, 6.45) is -0.526. The number of alkyl halides is 3. The Hall–Kier alpha value is -1.72. The third kappa shape index (κ3) is 2.79. The van der Waals surface area contributed by atoms with Gasteiger partial charge in [-0.15, -0.1) is 0 Å². The molecule has 1 aliphatic heterocycles. The lowest BCUT2D eigenvalue weighted by molar-refractivity contribution is -0.258. The summed E-state index contributed by atoms with van der Waals surface area (Å²) in [5, 5.41) is 5.69. The van der Waals surface area contributed by atoms with Gasteiger partial charge < -0.3 is 10.6 Å². The van der Waals surface area contributed by atoms with Crippen LogP contribution in [0.5, 0.6) is 0 Å². The van der Waals surface area contributed by atoms with Crippen LogP contribution in [-0.4, -0.2) is 24.2 Å². The monoisotopic (exact) mass is 352 g/mol. The first kappa shape index (κ1) is 16.7. The molecule has 1 spiro atoms. The molecule has 3 aliphatic rings. The second-order valence-corrected chi connectivity index (χ2v) is 8.05. The van der Waals surface area contributed by atoms with Gasteiger partial charge in [-0.2, -0.15) is 13.2 Å². The molecule has 1 atom stereocenters. The van der Waals surface area contributed by atoms with Crippen LogP contribution in [0, 0.1) is 11.3 Å². The van der Waals surface area contributed by atoms with Gasteiger partial charge in [0.2, 0.25) is 5.91 Å². The van der Waals surface area contributed by atoms with Crippen molar-refractivity contribution in [3.05, 3.63) is 29.8 Å². The molecule has 136 valence electrons. The van der Waals surface area contributed by atoms with E-state index in [1.54, 1.807) is 0 Å². The molecule has 0 radical (unpaired) electrons. The van der Waals surface area contributed by atoms with Gasteiger partial charge in [0.05, 0.1) is 0 Å². The number of halogens is 3. The van der Waals surface area contributed by atoms with E-state index < -0.39 is 23.5 Å². The fourth-order valence-corrected chi connectivity index (χ4v) is 4.80. The van der Waals surface area contributed by atoms with Gasteiger partial charge in [-0.3, -0.25) is 4.79 Å². The van der Waals surface area contributed by atoms with E-state index in [4.69, 9.17) is 0 Å². The molecule has 2 N–H and O–H groups in total. The number of carbonyl (C=O) groups is 1. The number of fused-ring (bicyclic) bond motifs is 1. The molecule has 1 amide bonds. The van der Waals surface area contributed by atoms with Crippen molar-refractivity contribution in [3.63, 3.8) is 0 Å². The molecule has 1 aromatic carbocycles. The molecule has 2 fully saturated rings. The lowest BCUT2D eigenvalue weighted by Crippen LogP contribution is -2.71. The van der Waals surface area contributed by atoms with Gasteiger partial charge in [0.1, 0.15) is 5.54 Å². The minimum atomic E-state index is -4.38. The molecule has 0 bridgehead atoms. The smallest absolute Gasteiger partial charge is 0.385 e. The molecule has 3 nitrogen and oxygen atoms in total. The van der Waals surface area contributed by atoms with Crippen LogP contribution in [-0.2, 0) is 11.2 Å². The van der Waals surface area contributed by atoms with E-state index in [1.807, 2.05) is 24.3 Å². The van der Waals surface area contributed by atoms with Gasteiger partial charge in [0.15, 0.2) is 0 Å². The highest BCUT2D eigenvalue weighted by Crippen LogP contribution is 2.64. The van der Waals surface area contributed by atoms with Gasteiger partial charge in [0.25, 0.3) is 0 Å². The van der Waals surface area contributed by atoms with Crippen LogP contribution in [0.1, 0.15) is 44.1 Å². The number of carbonyl (C=O) groups excluding carboxylic acids is 1. The van der Waals surface area contributed by atoms with Crippen molar-refractivity contribution in [1.82, 2.24) is 5.32 Å².